The standard InChI is InChI=1S/C21H29NO4S2/c1-13-16-15(11-20(2,3)12-21(16)27-9-10-28-21)26-17(13)18(23)22-7-5-14(6-8-22)19(24)25-4/h14H,5-12H2,1-4H3. The first-order valence-corrected chi connectivity index (χ1v) is 12.0. The summed E-state index contributed by atoms with van der Waals surface area (Å²) in [6.07, 6.45) is 3.30. The van der Waals surface area contributed by atoms with Gasteiger partial charge in [0.15, 0.2) is 5.76 Å². The number of likely N-dealkylation sites (tertiary alicyclic amines) is 1. The molecule has 0 N–H and O–H groups in total. The van der Waals surface area contributed by atoms with Gasteiger partial charge in [-0.25, -0.2) is 0 Å². The smallest absolute Gasteiger partial charge is 0.308 e. The van der Waals surface area contributed by atoms with Gasteiger partial charge in [0.1, 0.15) is 5.76 Å². The zero-order valence-electron chi connectivity index (χ0n) is 17.1. The van der Waals surface area contributed by atoms with Crippen molar-refractivity contribution in [1.29, 1.82) is 0 Å². The van der Waals surface area contributed by atoms with Gasteiger partial charge in [0.2, 0.25) is 0 Å². The molecule has 0 bridgehead atoms. The van der Waals surface area contributed by atoms with Crippen molar-refractivity contribution in [3.8, 4) is 0 Å². The van der Waals surface area contributed by atoms with Gasteiger partial charge < -0.3 is 14.1 Å². The molecular formula is C21H29NO4S2. The molecule has 28 heavy (non-hydrogen) atoms. The molecule has 3 aliphatic rings. The molecule has 2 fully saturated rings. The van der Waals surface area contributed by atoms with E-state index in [1.165, 1.54) is 12.7 Å². The normalized spacial score (nSPS) is 23.6. The molecule has 7 heteroatoms. The Bertz CT molecular complexity index is 787. The zero-order chi connectivity index (χ0) is 20.1. The van der Waals surface area contributed by atoms with Crippen molar-refractivity contribution in [3.63, 3.8) is 0 Å². The highest BCUT2D eigenvalue weighted by molar-refractivity contribution is 8.20. The largest absolute Gasteiger partial charge is 0.469 e. The summed E-state index contributed by atoms with van der Waals surface area (Å²) in [7, 11) is 1.42. The maximum atomic E-state index is 13.3. The van der Waals surface area contributed by atoms with Gasteiger partial charge in [-0.2, -0.15) is 0 Å². The first-order valence-electron chi connectivity index (χ1n) is 10.0. The van der Waals surface area contributed by atoms with Gasteiger partial charge in [-0.1, -0.05) is 13.8 Å². The lowest BCUT2D eigenvalue weighted by Crippen LogP contribution is -2.40. The topological polar surface area (TPSA) is 59.8 Å². The lowest BCUT2D eigenvalue weighted by Gasteiger charge is -2.41. The van der Waals surface area contributed by atoms with E-state index in [1.54, 1.807) is 0 Å². The summed E-state index contributed by atoms with van der Waals surface area (Å²) >= 11 is 4.04. The predicted molar refractivity (Wildman–Crippen MR) is 113 cm³/mol. The van der Waals surface area contributed by atoms with Crippen molar-refractivity contribution < 1.29 is 18.7 Å². The van der Waals surface area contributed by atoms with Gasteiger partial charge in [-0.15, -0.1) is 23.5 Å². The molecule has 1 aliphatic carbocycles. The summed E-state index contributed by atoms with van der Waals surface area (Å²) in [4.78, 5) is 26.8. The van der Waals surface area contributed by atoms with Gasteiger partial charge in [0, 0.05) is 42.1 Å². The number of rotatable bonds is 2. The number of carbonyl (C=O) groups excluding carboxylic acids is 2. The van der Waals surface area contributed by atoms with Crippen LogP contribution in [-0.4, -0.2) is 48.5 Å². The summed E-state index contributed by atoms with van der Waals surface area (Å²) in [5.74, 6) is 3.50. The van der Waals surface area contributed by atoms with Gasteiger partial charge in [-0.05, 0) is 31.6 Å². The van der Waals surface area contributed by atoms with Crippen LogP contribution < -0.4 is 0 Å². The Morgan fingerprint density at radius 2 is 1.82 bits per heavy atom. The molecule has 5 nitrogen and oxygen atoms in total. The van der Waals surface area contributed by atoms with Crippen LogP contribution in [-0.2, 0) is 20.0 Å². The summed E-state index contributed by atoms with van der Waals surface area (Å²) in [5.41, 5.74) is 2.46. The first-order chi connectivity index (χ1) is 13.3. The molecule has 4 rings (SSSR count). The number of hydrogen-bond donors (Lipinski definition) is 0. The summed E-state index contributed by atoms with van der Waals surface area (Å²) < 4.78 is 11.1. The number of carbonyl (C=O) groups is 2. The summed E-state index contributed by atoms with van der Waals surface area (Å²) in [5, 5.41) is 0. The van der Waals surface area contributed by atoms with Gasteiger partial charge in [-0.3, -0.25) is 9.59 Å². The third-order valence-corrected chi connectivity index (χ3v) is 9.63. The molecule has 0 aromatic carbocycles. The number of methoxy groups -OCH3 is 1. The minimum absolute atomic E-state index is 0.0288. The molecule has 1 aromatic heterocycles. The third-order valence-electron chi connectivity index (χ3n) is 6.22. The average molecular weight is 424 g/mol. The van der Waals surface area contributed by atoms with E-state index in [9.17, 15) is 9.59 Å². The second kappa shape index (κ2) is 7.31. The van der Waals surface area contributed by atoms with Crippen molar-refractivity contribution in [2.24, 2.45) is 11.3 Å². The fraction of sp³-hybridized carbons (Fsp3) is 0.714. The molecule has 0 atom stereocenters. The van der Waals surface area contributed by atoms with Crippen molar-refractivity contribution >= 4 is 35.4 Å². The minimum Gasteiger partial charge on any atom is -0.469 e. The quantitative estimate of drug-likeness (QED) is 0.664. The Kier molecular flexibility index (Phi) is 5.28. The second-order valence-corrected chi connectivity index (χ2v) is 12.0. The molecule has 2 saturated heterocycles. The van der Waals surface area contributed by atoms with Gasteiger partial charge >= 0.3 is 5.97 Å². The van der Waals surface area contributed by atoms with E-state index in [4.69, 9.17) is 9.15 Å². The van der Waals surface area contributed by atoms with Crippen molar-refractivity contribution in [1.82, 2.24) is 4.90 Å². The van der Waals surface area contributed by atoms with Crippen LogP contribution in [0, 0.1) is 18.3 Å². The van der Waals surface area contributed by atoms with Crippen LogP contribution >= 0.6 is 23.5 Å². The van der Waals surface area contributed by atoms with E-state index >= 15 is 0 Å². The number of amides is 1. The maximum absolute atomic E-state index is 13.3. The second-order valence-electron chi connectivity index (χ2n) is 8.91. The SMILES string of the molecule is COC(=O)C1CCN(C(=O)c2oc3c(c2C)C2(CC(C)(C)C3)SCCS2)CC1. The summed E-state index contributed by atoms with van der Waals surface area (Å²) in [6, 6.07) is 0. The first kappa shape index (κ1) is 20.2. The van der Waals surface area contributed by atoms with E-state index in [1.807, 2.05) is 28.4 Å². The summed E-state index contributed by atoms with van der Waals surface area (Å²) in [6.45, 7) is 7.80. The van der Waals surface area contributed by atoms with Crippen molar-refractivity contribution in [3.05, 3.63) is 22.6 Å². The van der Waals surface area contributed by atoms with Crippen molar-refractivity contribution in [2.45, 2.75) is 50.5 Å². The molecule has 2 aliphatic heterocycles. The van der Waals surface area contributed by atoms with Crippen LogP contribution in [0.5, 0.6) is 0 Å². The number of thioether (sulfide) groups is 2. The van der Waals surface area contributed by atoms with Crippen LogP contribution in [0.2, 0.25) is 0 Å². The number of esters is 1. The Morgan fingerprint density at radius 3 is 2.43 bits per heavy atom. The van der Waals surface area contributed by atoms with E-state index in [0.29, 0.717) is 31.7 Å². The minimum atomic E-state index is -0.170. The van der Waals surface area contributed by atoms with Crippen LogP contribution in [0.15, 0.2) is 4.42 Å². The molecule has 154 valence electrons. The number of nitrogens with zero attached hydrogens (tertiary/aromatic N) is 1. The highest BCUT2D eigenvalue weighted by Crippen LogP contribution is 2.62. The molecule has 1 amide bonds. The molecule has 0 radical (unpaired) electrons. The Labute approximate surface area is 175 Å². The van der Waals surface area contributed by atoms with E-state index < -0.39 is 0 Å². The lowest BCUT2D eigenvalue weighted by molar-refractivity contribution is -0.146. The number of fused-ring (bicyclic) bond motifs is 2. The highest BCUT2D eigenvalue weighted by atomic mass is 32.2. The Hall–Kier alpha value is -1.08. The molecule has 0 saturated carbocycles. The number of furan rings is 1. The monoisotopic (exact) mass is 423 g/mol. The number of piperidine rings is 1. The third kappa shape index (κ3) is 3.38. The fourth-order valence-corrected chi connectivity index (χ4v) is 8.91. The van der Waals surface area contributed by atoms with Crippen LogP contribution in [0.4, 0.5) is 0 Å². The van der Waals surface area contributed by atoms with E-state index in [2.05, 4.69) is 20.8 Å². The number of hydrogen-bond acceptors (Lipinski definition) is 6. The number of ether oxygens (including phenoxy) is 1. The molecule has 1 spiro atoms. The molecule has 0 unspecified atom stereocenters. The maximum Gasteiger partial charge on any atom is 0.308 e. The lowest BCUT2D eigenvalue weighted by atomic mass is 9.76. The van der Waals surface area contributed by atoms with Crippen molar-refractivity contribution in [2.75, 3.05) is 31.7 Å². The van der Waals surface area contributed by atoms with Crippen LogP contribution in [0.1, 0.15) is 60.6 Å². The molecule has 1 aromatic rings. The van der Waals surface area contributed by atoms with Crippen LogP contribution in [0.3, 0.4) is 0 Å². The fourth-order valence-electron chi connectivity index (χ4n) is 4.95. The Morgan fingerprint density at radius 1 is 1.18 bits per heavy atom. The average Bonchev–Trinajstić information content (AvgIpc) is 3.24. The molecular weight excluding hydrogens is 394 g/mol. The molecule has 3 heterocycles. The zero-order valence-corrected chi connectivity index (χ0v) is 18.8. The predicted octanol–water partition coefficient (Wildman–Crippen LogP) is 4.22. The van der Waals surface area contributed by atoms with Gasteiger partial charge in [0.25, 0.3) is 5.91 Å². The Balaban J connectivity index is 1.60. The van der Waals surface area contributed by atoms with E-state index in [-0.39, 0.29) is 27.3 Å². The van der Waals surface area contributed by atoms with Gasteiger partial charge in [0.05, 0.1) is 17.1 Å². The highest BCUT2D eigenvalue weighted by Gasteiger charge is 2.50. The van der Waals surface area contributed by atoms with Crippen LogP contribution in [0.25, 0.3) is 0 Å². The van der Waals surface area contributed by atoms with E-state index in [0.717, 1.165) is 35.7 Å².